The van der Waals surface area contributed by atoms with Gasteiger partial charge >= 0.3 is 0 Å². The highest BCUT2D eigenvalue weighted by Crippen LogP contribution is 2.24. The van der Waals surface area contributed by atoms with Crippen LogP contribution in [-0.4, -0.2) is 63.5 Å². The fraction of sp³-hybridized carbons (Fsp3) is 1.00. The molecule has 1 rings (SSSR count). The molecule has 0 aromatic rings. The Hall–Kier alpha value is -0.160. The number of piperazine rings is 1. The summed E-state index contributed by atoms with van der Waals surface area (Å²) in [5.41, 5.74) is 0.312. The average Bonchev–Trinajstić information content (AvgIpc) is 2.39. The van der Waals surface area contributed by atoms with Crippen molar-refractivity contribution in [2.24, 2.45) is 5.41 Å². The zero-order valence-electron chi connectivity index (χ0n) is 14.1. The predicted octanol–water partition coefficient (Wildman–Crippen LogP) is 2.14. The molecule has 1 saturated heterocycles. The molecule has 0 bridgehead atoms. The van der Waals surface area contributed by atoms with Gasteiger partial charge < -0.3 is 14.8 Å². The van der Waals surface area contributed by atoms with Crippen molar-refractivity contribution in [1.29, 1.82) is 0 Å². The molecular formula is C16H34N2O2. The van der Waals surface area contributed by atoms with E-state index in [0.717, 1.165) is 26.2 Å². The molecule has 1 aliphatic rings. The Morgan fingerprint density at radius 1 is 1.20 bits per heavy atom. The Morgan fingerprint density at radius 2 is 1.95 bits per heavy atom. The molecule has 0 aromatic carbocycles. The predicted molar refractivity (Wildman–Crippen MR) is 84.2 cm³/mol. The second kappa shape index (κ2) is 8.98. The molecule has 4 heteroatoms. The van der Waals surface area contributed by atoms with Crippen molar-refractivity contribution in [2.75, 3.05) is 46.6 Å². The summed E-state index contributed by atoms with van der Waals surface area (Å²) < 4.78 is 10.6. The molecule has 4 nitrogen and oxygen atoms in total. The highest BCUT2D eigenvalue weighted by Gasteiger charge is 2.33. The van der Waals surface area contributed by atoms with Crippen LogP contribution in [0.3, 0.4) is 0 Å². The van der Waals surface area contributed by atoms with Gasteiger partial charge in [-0.05, 0) is 11.8 Å². The zero-order chi connectivity index (χ0) is 15.0. The Morgan fingerprint density at radius 3 is 2.55 bits per heavy atom. The van der Waals surface area contributed by atoms with E-state index in [-0.39, 0.29) is 0 Å². The minimum Gasteiger partial charge on any atom is -0.382 e. The lowest BCUT2D eigenvalue weighted by Crippen LogP contribution is -2.60. The van der Waals surface area contributed by atoms with Crippen LogP contribution in [0.2, 0.25) is 0 Å². The monoisotopic (exact) mass is 286 g/mol. The van der Waals surface area contributed by atoms with E-state index in [4.69, 9.17) is 9.47 Å². The van der Waals surface area contributed by atoms with Crippen LogP contribution in [0.15, 0.2) is 0 Å². The Labute approximate surface area is 125 Å². The quantitative estimate of drug-likeness (QED) is 0.693. The maximum atomic E-state index is 5.64. The first-order valence-electron chi connectivity index (χ1n) is 8.03. The third-order valence-corrected chi connectivity index (χ3v) is 4.16. The van der Waals surface area contributed by atoms with Gasteiger partial charge in [-0.3, -0.25) is 4.90 Å². The molecule has 20 heavy (non-hydrogen) atoms. The van der Waals surface area contributed by atoms with E-state index in [1.165, 1.54) is 12.8 Å². The summed E-state index contributed by atoms with van der Waals surface area (Å²) in [6.45, 7) is 14.7. The van der Waals surface area contributed by atoms with Crippen LogP contribution in [0.4, 0.5) is 0 Å². The van der Waals surface area contributed by atoms with Crippen molar-refractivity contribution in [2.45, 2.75) is 52.6 Å². The minimum atomic E-state index is 0.312. The SMILES string of the molecule is CCCC1CNC(C(C)(C)C)CN1CCOCCOC. The average molecular weight is 286 g/mol. The highest BCUT2D eigenvalue weighted by atomic mass is 16.5. The van der Waals surface area contributed by atoms with E-state index in [1.54, 1.807) is 7.11 Å². The summed E-state index contributed by atoms with van der Waals surface area (Å²) >= 11 is 0. The Balaban J connectivity index is 2.42. The first-order valence-corrected chi connectivity index (χ1v) is 8.03. The fourth-order valence-corrected chi connectivity index (χ4v) is 2.75. The third kappa shape index (κ3) is 6.08. The largest absolute Gasteiger partial charge is 0.382 e. The number of hydrogen-bond donors (Lipinski definition) is 1. The van der Waals surface area contributed by atoms with Gasteiger partial charge in [0.25, 0.3) is 0 Å². The smallest absolute Gasteiger partial charge is 0.0700 e. The first-order chi connectivity index (χ1) is 9.49. The molecule has 0 aromatic heterocycles. The van der Waals surface area contributed by atoms with Gasteiger partial charge in [-0.15, -0.1) is 0 Å². The van der Waals surface area contributed by atoms with Gasteiger partial charge in [-0.2, -0.15) is 0 Å². The number of nitrogens with zero attached hydrogens (tertiary/aromatic N) is 1. The van der Waals surface area contributed by atoms with E-state index in [9.17, 15) is 0 Å². The summed E-state index contributed by atoms with van der Waals surface area (Å²) in [6.07, 6.45) is 2.51. The Bertz CT molecular complexity index is 253. The molecule has 1 fully saturated rings. The molecule has 0 saturated carbocycles. The van der Waals surface area contributed by atoms with E-state index >= 15 is 0 Å². The van der Waals surface area contributed by atoms with E-state index < -0.39 is 0 Å². The second-order valence-electron chi connectivity index (χ2n) is 6.87. The van der Waals surface area contributed by atoms with E-state index in [2.05, 4.69) is 37.9 Å². The number of ether oxygens (including phenoxy) is 2. The molecule has 0 radical (unpaired) electrons. The van der Waals surface area contributed by atoms with Crippen LogP contribution in [0.25, 0.3) is 0 Å². The van der Waals surface area contributed by atoms with E-state index in [1.807, 2.05) is 0 Å². The minimum absolute atomic E-state index is 0.312. The number of nitrogens with one attached hydrogen (secondary N) is 1. The topological polar surface area (TPSA) is 33.7 Å². The van der Waals surface area contributed by atoms with Crippen molar-refractivity contribution in [3.8, 4) is 0 Å². The molecule has 2 atom stereocenters. The number of hydrogen-bond acceptors (Lipinski definition) is 4. The van der Waals surface area contributed by atoms with Crippen LogP contribution in [0.1, 0.15) is 40.5 Å². The summed E-state index contributed by atoms with van der Waals surface area (Å²) in [4.78, 5) is 2.61. The van der Waals surface area contributed by atoms with Gasteiger partial charge in [0.1, 0.15) is 0 Å². The van der Waals surface area contributed by atoms with Gasteiger partial charge in [-0.1, -0.05) is 34.1 Å². The van der Waals surface area contributed by atoms with Gasteiger partial charge in [0.05, 0.1) is 19.8 Å². The first kappa shape index (κ1) is 17.9. The third-order valence-electron chi connectivity index (χ3n) is 4.16. The van der Waals surface area contributed by atoms with Crippen LogP contribution in [0.5, 0.6) is 0 Å². The summed E-state index contributed by atoms with van der Waals surface area (Å²) in [5.74, 6) is 0. The summed E-state index contributed by atoms with van der Waals surface area (Å²) in [7, 11) is 1.71. The van der Waals surface area contributed by atoms with Gasteiger partial charge in [0, 0.05) is 38.8 Å². The fourth-order valence-electron chi connectivity index (χ4n) is 2.75. The van der Waals surface area contributed by atoms with E-state index in [0.29, 0.717) is 30.7 Å². The van der Waals surface area contributed by atoms with Gasteiger partial charge in [0.2, 0.25) is 0 Å². The highest BCUT2D eigenvalue weighted by molar-refractivity contribution is 4.91. The lowest BCUT2D eigenvalue weighted by Gasteiger charge is -2.45. The molecule has 0 amide bonds. The van der Waals surface area contributed by atoms with Gasteiger partial charge in [0.15, 0.2) is 0 Å². The molecule has 1 heterocycles. The van der Waals surface area contributed by atoms with Crippen LogP contribution >= 0.6 is 0 Å². The molecule has 1 aliphatic heterocycles. The van der Waals surface area contributed by atoms with Crippen LogP contribution in [-0.2, 0) is 9.47 Å². The van der Waals surface area contributed by atoms with Crippen LogP contribution in [0, 0.1) is 5.41 Å². The zero-order valence-corrected chi connectivity index (χ0v) is 14.1. The van der Waals surface area contributed by atoms with Crippen molar-refractivity contribution < 1.29 is 9.47 Å². The summed E-state index contributed by atoms with van der Waals surface area (Å²) in [5, 5.41) is 3.73. The number of methoxy groups -OCH3 is 1. The van der Waals surface area contributed by atoms with Crippen LogP contribution < -0.4 is 5.32 Å². The van der Waals surface area contributed by atoms with Crippen molar-refractivity contribution in [3.63, 3.8) is 0 Å². The molecule has 2 unspecified atom stereocenters. The summed E-state index contributed by atoms with van der Waals surface area (Å²) in [6, 6.07) is 1.22. The molecule has 0 spiro atoms. The molecule has 1 N–H and O–H groups in total. The van der Waals surface area contributed by atoms with Crippen molar-refractivity contribution in [3.05, 3.63) is 0 Å². The molecular weight excluding hydrogens is 252 g/mol. The second-order valence-corrected chi connectivity index (χ2v) is 6.87. The maximum Gasteiger partial charge on any atom is 0.0700 e. The van der Waals surface area contributed by atoms with Crippen molar-refractivity contribution >= 4 is 0 Å². The maximum absolute atomic E-state index is 5.64. The normalized spacial score (nSPS) is 25.1. The number of rotatable bonds is 8. The van der Waals surface area contributed by atoms with Gasteiger partial charge in [-0.25, -0.2) is 0 Å². The van der Waals surface area contributed by atoms with Crippen molar-refractivity contribution in [1.82, 2.24) is 10.2 Å². The molecule has 0 aliphatic carbocycles. The lowest BCUT2D eigenvalue weighted by atomic mass is 9.84. The standard InChI is InChI=1S/C16H34N2O2/c1-6-7-14-12-17-15(16(2,3)4)13-18(14)8-9-20-11-10-19-5/h14-15,17H,6-13H2,1-5H3. The Kier molecular flexibility index (Phi) is 8.03. The molecule has 120 valence electrons. The lowest BCUT2D eigenvalue weighted by molar-refractivity contribution is 0.0272.